The van der Waals surface area contributed by atoms with Crippen LogP contribution in [0.4, 0.5) is 0 Å². The topological polar surface area (TPSA) is 74.5 Å². The molecule has 0 unspecified atom stereocenters. The number of hydrogen-bond acceptors (Lipinski definition) is 6. The molecule has 0 aliphatic carbocycles. The third kappa shape index (κ3) is 4.69. The van der Waals surface area contributed by atoms with E-state index in [1.807, 2.05) is 17.0 Å². The number of amides is 1. The number of rotatable bonds is 7. The highest BCUT2D eigenvalue weighted by Gasteiger charge is 2.22. The van der Waals surface area contributed by atoms with Gasteiger partial charge < -0.3 is 14.6 Å². The van der Waals surface area contributed by atoms with Crippen molar-refractivity contribution in [2.75, 3.05) is 45.1 Å². The average molecular weight is 390 g/mol. The summed E-state index contributed by atoms with van der Waals surface area (Å²) in [4.78, 5) is 16.6. The molecule has 1 fully saturated rings. The molecule has 1 amide bonds. The molecule has 7 nitrogen and oxygen atoms in total. The van der Waals surface area contributed by atoms with Gasteiger partial charge in [0.15, 0.2) is 11.0 Å². The van der Waals surface area contributed by atoms with Crippen LogP contribution in [0.3, 0.4) is 0 Å². The molecule has 0 radical (unpaired) electrons. The van der Waals surface area contributed by atoms with Gasteiger partial charge in [-0.05, 0) is 19.4 Å². The fraction of sp³-hybridized carbons (Fsp3) is 0.526. The molecular formula is C19H27N5O2S. The number of β-amino-alcohol motifs (C(OH)–C–C–N with tert-alkyl or cyclic N) is 1. The summed E-state index contributed by atoms with van der Waals surface area (Å²) in [6, 6.07) is 8.14. The number of hydrogen-bond donors (Lipinski definition) is 1. The molecule has 0 saturated carbocycles. The summed E-state index contributed by atoms with van der Waals surface area (Å²) in [7, 11) is 0. The van der Waals surface area contributed by atoms with Gasteiger partial charge in [0.25, 0.3) is 0 Å². The molecule has 1 aromatic heterocycles. The van der Waals surface area contributed by atoms with Crippen LogP contribution in [0.25, 0.3) is 11.4 Å². The molecule has 0 bridgehead atoms. The van der Waals surface area contributed by atoms with Gasteiger partial charge in [0.1, 0.15) is 0 Å². The number of benzene rings is 1. The Kier molecular flexibility index (Phi) is 6.87. The first-order valence-electron chi connectivity index (χ1n) is 9.37. The second kappa shape index (κ2) is 9.34. The normalized spacial score (nSPS) is 15.3. The van der Waals surface area contributed by atoms with Crippen LogP contribution in [0.1, 0.15) is 12.5 Å². The maximum Gasteiger partial charge on any atom is 0.233 e. The first-order valence-corrected chi connectivity index (χ1v) is 10.4. The molecule has 1 aliphatic heterocycles. The van der Waals surface area contributed by atoms with E-state index in [0.29, 0.717) is 25.4 Å². The van der Waals surface area contributed by atoms with E-state index in [2.05, 4.69) is 45.6 Å². The lowest BCUT2D eigenvalue weighted by Gasteiger charge is -2.34. The predicted octanol–water partition coefficient (Wildman–Crippen LogP) is 1.50. The number of aliphatic hydroxyl groups excluding tert-OH is 1. The van der Waals surface area contributed by atoms with E-state index in [-0.39, 0.29) is 12.5 Å². The number of aryl methyl sites for hydroxylation is 1. The van der Waals surface area contributed by atoms with E-state index in [4.69, 9.17) is 5.11 Å². The maximum absolute atomic E-state index is 12.5. The summed E-state index contributed by atoms with van der Waals surface area (Å²) in [5.74, 6) is 1.35. The molecule has 27 heavy (non-hydrogen) atoms. The standard InChI is InChI=1S/C19H27N5O2S/c1-3-24-18(16-7-5-4-6-15(16)2)20-21-19(24)27-14-17(26)23-10-8-22(9-11-23)12-13-25/h4-7,25H,3,8-14H2,1-2H3. The van der Waals surface area contributed by atoms with Crippen molar-refractivity contribution in [2.24, 2.45) is 0 Å². The quantitative estimate of drug-likeness (QED) is 0.724. The number of aliphatic hydroxyl groups is 1. The third-order valence-electron chi connectivity index (χ3n) is 4.89. The Morgan fingerprint density at radius 1 is 1.19 bits per heavy atom. The summed E-state index contributed by atoms with van der Waals surface area (Å²) in [5.41, 5.74) is 2.23. The minimum Gasteiger partial charge on any atom is -0.395 e. The molecule has 0 atom stereocenters. The zero-order chi connectivity index (χ0) is 19.2. The smallest absolute Gasteiger partial charge is 0.233 e. The molecular weight excluding hydrogens is 362 g/mol. The second-order valence-corrected chi connectivity index (χ2v) is 7.54. The number of nitrogens with zero attached hydrogens (tertiary/aromatic N) is 5. The minimum absolute atomic E-state index is 0.131. The summed E-state index contributed by atoms with van der Waals surface area (Å²) in [6.07, 6.45) is 0. The van der Waals surface area contributed by atoms with E-state index in [0.717, 1.165) is 41.7 Å². The largest absolute Gasteiger partial charge is 0.395 e. The summed E-state index contributed by atoms with van der Waals surface area (Å²) in [5, 5.41) is 18.5. The molecule has 3 rings (SSSR count). The Balaban J connectivity index is 1.62. The van der Waals surface area contributed by atoms with Crippen molar-refractivity contribution in [1.82, 2.24) is 24.6 Å². The van der Waals surface area contributed by atoms with Crippen molar-refractivity contribution in [3.05, 3.63) is 29.8 Å². The summed E-state index contributed by atoms with van der Waals surface area (Å²) in [6.45, 7) is 8.81. The van der Waals surface area contributed by atoms with Crippen LogP contribution in [0.5, 0.6) is 0 Å². The summed E-state index contributed by atoms with van der Waals surface area (Å²) >= 11 is 1.45. The van der Waals surface area contributed by atoms with Crippen LogP contribution in [0.15, 0.2) is 29.4 Å². The van der Waals surface area contributed by atoms with Gasteiger partial charge in [0, 0.05) is 44.8 Å². The van der Waals surface area contributed by atoms with Gasteiger partial charge in [-0.3, -0.25) is 9.69 Å². The fourth-order valence-corrected chi connectivity index (χ4v) is 4.19. The Labute approximate surface area is 164 Å². The average Bonchev–Trinajstić information content (AvgIpc) is 3.10. The molecule has 2 aromatic rings. The molecule has 2 heterocycles. The lowest BCUT2D eigenvalue weighted by Crippen LogP contribution is -2.49. The van der Waals surface area contributed by atoms with Crippen molar-refractivity contribution < 1.29 is 9.90 Å². The van der Waals surface area contributed by atoms with Gasteiger partial charge in [0.2, 0.25) is 5.91 Å². The van der Waals surface area contributed by atoms with Gasteiger partial charge >= 0.3 is 0 Å². The van der Waals surface area contributed by atoms with Crippen LogP contribution < -0.4 is 0 Å². The highest BCUT2D eigenvalue weighted by atomic mass is 32.2. The minimum atomic E-state index is 0.131. The van der Waals surface area contributed by atoms with E-state index in [1.54, 1.807) is 0 Å². The second-order valence-electron chi connectivity index (χ2n) is 6.60. The molecule has 1 N–H and O–H groups in total. The predicted molar refractivity (Wildman–Crippen MR) is 107 cm³/mol. The Morgan fingerprint density at radius 3 is 2.59 bits per heavy atom. The molecule has 1 aromatic carbocycles. The zero-order valence-corrected chi connectivity index (χ0v) is 16.8. The van der Waals surface area contributed by atoms with Crippen molar-refractivity contribution in [1.29, 1.82) is 0 Å². The lowest BCUT2D eigenvalue weighted by molar-refractivity contribution is -0.130. The lowest BCUT2D eigenvalue weighted by atomic mass is 10.1. The fourth-order valence-electron chi connectivity index (χ4n) is 3.28. The molecule has 146 valence electrons. The summed E-state index contributed by atoms with van der Waals surface area (Å²) < 4.78 is 2.07. The van der Waals surface area contributed by atoms with Crippen LogP contribution in [0.2, 0.25) is 0 Å². The Morgan fingerprint density at radius 2 is 1.93 bits per heavy atom. The van der Waals surface area contributed by atoms with Crippen LogP contribution in [-0.2, 0) is 11.3 Å². The molecule has 1 saturated heterocycles. The Bertz CT molecular complexity index is 771. The van der Waals surface area contributed by atoms with E-state index >= 15 is 0 Å². The SMILES string of the molecule is CCn1c(SCC(=O)N2CCN(CCO)CC2)nnc1-c1ccccc1C. The van der Waals surface area contributed by atoms with Gasteiger partial charge in [0.05, 0.1) is 12.4 Å². The van der Waals surface area contributed by atoms with E-state index < -0.39 is 0 Å². The van der Waals surface area contributed by atoms with Gasteiger partial charge in [-0.15, -0.1) is 10.2 Å². The van der Waals surface area contributed by atoms with Gasteiger partial charge in [-0.25, -0.2) is 0 Å². The van der Waals surface area contributed by atoms with Crippen LogP contribution >= 0.6 is 11.8 Å². The number of carbonyl (C=O) groups is 1. The first kappa shape index (κ1) is 19.9. The number of carbonyl (C=O) groups excluding carboxylic acids is 1. The molecule has 1 aliphatic rings. The highest BCUT2D eigenvalue weighted by Crippen LogP contribution is 2.26. The zero-order valence-electron chi connectivity index (χ0n) is 16.0. The Hall–Kier alpha value is -1.90. The van der Waals surface area contributed by atoms with Gasteiger partial charge in [-0.2, -0.15) is 0 Å². The third-order valence-corrected chi connectivity index (χ3v) is 5.84. The first-order chi connectivity index (χ1) is 13.1. The maximum atomic E-state index is 12.5. The number of piperazine rings is 1. The monoisotopic (exact) mass is 389 g/mol. The van der Waals surface area contributed by atoms with E-state index in [9.17, 15) is 4.79 Å². The van der Waals surface area contributed by atoms with Crippen molar-refractivity contribution in [2.45, 2.75) is 25.5 Å². The van der Waals surface area contributed by atoms with Crippen molar-refractivity contribution in [3.8, 4) is 11.4 Å². The molecule has 0 spiro atoms. The van der Waals surface area contributed by atoms with Crippen molar-refractivity contribution >= 4 is 17.7 Å². The highest BCUT2D eigenvalue weighted by molar-refractivity contribution is 7.99. The van der Waals surface area contributed by atoms with Gasteiger partial charge in [-0.1, -0.05) is 36.0 Å². The number of thioether (sulfide) groups is 1. The number of aromatic nitrogens is 3. The van der Waals surface area contributed by atoms with Crippen LogP contribution in [-0.4, -0.2) is 80.7 Å². The molecule has 8 heteroatoms. The van der Waals surface area contributed by atoms with Crippen molar-refractivity contribution in [3.63, 3.8) is 0 Å². The van der Waals surface area contributed by atoms with E-state index in [1.165, 1.54) is 11.8 Å². The van der Waals surface area contributed by atoms with Crippen LogP contribution in [0, 0.1) is 6.92 Å².